The van der Waals surface area contributed by atoms with Crippen LogP contribution in [0.1, 0.15) is 60.3 Å². The highest BCUT2D eigenvalue weighted by atomic mass is 32.1. The molecule has 0 aliphatic heterocycles. The third kappa shape index (κ3) is 4.14. The Kier molecular flexibility index (Phi) is 4.84. The molecule has 1 aromatic carbocycles. The predicted octanol–water partition coefficient (Wildman–Crippen LogP) is 4.91. The largest absolute Gasteiger partial charge is 0.305 e. The monoisotopic (exact) mass is 302 g/mol. The first-order valence-corrected chi connectivity index (χ1v) is 8.35. The molecule has 0 saturated carbocycles. The fraction of sp³-hybridized carbons (Fsp3) is 0.500. The Balaban J connectivity index is 2.01. The number of thiazole rings is 1. The van der Waals surface area contributed by atoms with E-state index in [4.69, 9.17) is 0 Å². The van der Waals surface area contributed by atoms with Gasteiger partial charge in [-0.1, -0.05) is 44.5 Å². The predicted molar refractivity (Wildman–Crippen MR) is 92.0 cm³/mol. The van der Waals surface area contributed by atoms with Gasteiger partial charge in [-0.3, -0.25) is 0 Å². The Bertz CT molecular complexity index is 608. The van der Waals surface area contributed by atoms with Crippen LogP contribution in [0, 0.1) is 13.8 Å². The minimum atomic E-state index is 0.141. The quantitative estimate of drug-likeness (QED) is 0.868. The van der Waals surface area contributed by atoms with Gasteiger partial charge < -0.3 is 5.32 Å². The normalized spacial score (nSPS) is 13.4. The van der Waals surface area contributed by atoms with Crippen molar-refractivity contribution in [2.24, 2.45) is 0 Å². The Morgan fingerprint density at radius 3 is 2.52 bits per heavy atom. The van der Waals surface area contributed by atoms with E-state index in [9.17, 15) is 0 Å². The first-order chi connectivity index (χ1) is 9.77. The molecule has 1 atom stereocenters. The third-order valence-corrected chi connectivity index (χ3v) is 5.09. The molecule has 0 aliphatic carbocycles. The van der Waals surface area contributed by atoms with Crippen LogP contribution in [0.4, 0.5) is 0 Å². The van der Waals surface area contributed by atoms with Crippen LogP contribution in [-0.2, 0) is 12.0 Å². The molecule has 0 aliphatic rings. The maximum Gasteiger partial charge on any atom is 0.0981 e. The summed E-state index contributed by atoms with van der Waals surface area (Å²) in [6, 6.07) is 7.02. The lowest BCUT2D eigenvalue weighted by molar-refractivity contribution is 0.575. The lowest BCUT2D eigenvalue weighted by Crippen LogP contribution is -2.18. The fourth-order valence-electron chi connectivity index (χ4n) is 2.41. The van der Waals surface area contributed by atoms with Gasteiger partial charge in [-0.25, -0.2) is 4.98 Å². The number of nitrogens with zero attached hydrogens (tertiary/aromatic N) is 1. The van der Waals surface area contributed by atoms with Crippen molar-refractivity contribution in [3.05, 3.63) is 51.0 Å². The summed E-state index contributed by atoms with van der Waals surface area (Å²) in [6.45, 7) is 14.1. The van der Waals surface area contributed by atoms with Crippen molar-refractivity contribution in [1.82, 2.24) is 10.3 Å². The highest BCUT2D eigenvalue weighted by Crippen LogP contribution is 2.27. The van der Waals surface area contributed by atoms with Gasteiger partial charge in [-0.15, -0.1) is 11.3 Å². The van der Waals surface area contributed by atoms with Gasteiger partial charge in [0.1, 0.15) is 0 Å². The maximum atomic E-state index is 4.55. The number of hydrogen-bond donors (Lipinski definition) is 1. The van der Waals surface area contributed by atoms with E-state index in [1.54, 1.807) is 0 Å². The lowest BCUT2D eigenvalue weighted by atomic mass is 9.98. The van der Waals surface area contributed by atoms with E-state index >= 15 is 0 Å². The molecular formula is C18H26N2S. The van der Waals surface area contributed by atoms with Crippen LogP contribution in [-0.4, -0.2) is 4.98 Å². The second kappa shape index (κ2) is 6.29. The molecule has 114 valence electrons. The summed E-state index contributed by atoms with van der Waals surface area (Å²) in [6.07, 6.45) is 2.01. The summed E-state index contributed by atoms with van der Waals surface area (Å²) in [4.78, 5) is 5.85. The van der Waals surface area contributed by atoms with Gasteiger partial charge in [-0.2, -0.15) is 0 Å². The van der Waals surface area contributed by atoms with Crippen molar-refractivity contribution in [3.8, 4) is 0 Å². The number of aryl methyl sites for hydroxylation is 2. The number of hydrogen-bond acceptors (Lipinski definition) is 3. The molecule has 1 aromatic heterocycles. The molecule has 0 amide bonds. The second-order valence-electron chi connectivity index (χ2n) is 6.84. The van der Waals surface area contributed by atoms with E-state index in [1.165, 1.54) is 26.6 Å². The van der Waals surface area contributed by atoms with Crippen LogP contribution in [0.5, 0.6) is 0 Å². The molecule has 0 saturated heterocycles. The van der Waals surface area contributed by atoms with Gasteiger partial charge in [0.25, 0.3) is 0 Å². The summed E-state index contributed by atoms with van der Waals surface area (Å²) in [5, 5.41) is 4.82. The Hall–Kier alpha value is -1.19. The molecule has 0 radical (unpaired) electrons. The van der Waals surface area contributed by atoms with E-state index in [1.807, 2.05) is 17.5 Å². The zero-order valence-electron chi connectivity index (χ0n) is 13.9. The molecule has 0 fully saturated rings. The first kappa shape index (κ1) is 16.2. The standard InChI is InChI=1S/C18H26N2S/c1-12-7-8-16(13(2)9-12)14(3)19-10-15-11-20-17(21-15)18(4,5)6/h7-9,11,14,19H,10H2,1-6H3. The first-order valence-electron chi connectivity index (χ1n) is 7.53. The molecule has 3 heteroatoms. The molecular weight excluding hydrogens is 276 g/mol. The smallest absolute Gasteiger partial charge is 0.0981 e. The molecule has 1 unspecified atom stereocenters. The minimum Gasteiger partial charge on any atom is -0.305 e. The average molecular weight is 302 g/mol. The van der Waals surface area contributed by atoms with Crippen molar-refractivity contribution < 1.29 is 0 Å². The van der Waals surface area contributed by atoms with Crippen molar-refractivity contribution >= 4 is 11.3 Å². The number of rotatable bonds is 4. The zero-order chi connectivity index (χ0) is 15.6. The van der Waals surface area contributed by atoms with Crippen LogP contribution >= 0.6 is 11.3 Å². The van der Waals surface area contributed by atoms with Crippen LogP contribution in [0.3, 0.4) is 0 Å². The molecule has 1 N–H and O–H groups in total. The molecule has 21 heavy (non-hydrogen) atoms. The van der Waals surface area contributed by atoms with Gasteiger partial charge in [0, 0.05) is 29.1 Å². The topological polar surface area (TPSA) is 24.9 Å². The molecule has 2 nitrogen and oxygen atoms in total. The summed E-state index contributed by atoms with van der Waals surface area (Å²) < 4.78 is 0. The Morgan fingerprint density at radius 1 is 1.24 bits per heavy atom. The Labute approximate surface area is 132 Å². The highest BCUT2D eigenvalue weighted by molar-refractivity contribution is 7.11. The van der Waals surface area contributed by atoms with Gasteiger partial charge in [0.05, 0.1) is 5.01 Å². The average Bonchev–Trinajstić information content (AvgIpc) is 2.84. The van der Waals surface area contributed by atoms with Crippen LogP contribution in [0.15, 0.2) is 24.4 Å². The van der Waals surface area contributed by atoms with Crippen LogP contribution in [0.25, 0.3) is 0 Å². The number of nitrogens with one attached hydrogen (secondary N) is 1. The third-order valence-electron chi connectivity index (χ3n) is 3.67. The number of benzene rings is 1. The van der Waals surface area contributed by atoms with Crippen LogP contribution < -0.4 is 5.32 Å². The van der Waals surface area contributed by atoms with Crippen molar-refractivity contribution in [3.63, 3.8) is 0 Å². The van der Waals surface area contributed by atoms with E-state index in [-0.39, 0.29) is 5.41 Å². The summed E-state index contributed by atoms with van der Waals surface area (Å²) in [5.74, 6) is 0. The van der Waals surface area contributed by atoms with Crippen molar-refractivity contribution in [2.75, 3.05) is 0 Å². The Morgan fingerprint density at radius 2 is 1.95 bits per heavy atom. The summed E-state index contributed by atoms with van der Waals surface area (Å²) in [5.41, 5.74) is 4.19. The highest BCUT2D eigenvalue weighted by Gasteiger charge is 2.18. The van der Waals surface area contributed by atoms with E-state index in [0.717, 1.165) is 6.54 Å². The minimum absolute atomic E-state index is 0.141. The van der Waals surface area contributed by atoms with Gasteiger partial charge in [0.2, 0.25) is 0 Å². The number of aromatic nitrogens is 1. The maximum absolute atomic E-state index is 4.55. The van der Waals surface area contributed by atoms with Gasteiger partial charge >= 0.3 is 0 Å². The summed E-state index contributed by atoms with van der Waals surface area (Å²) in [7, 11) is 0. The van der Waals surface area contributed by atoms with Gasteiger partial charge in [-0.05, 0) is 31.9 Å². The molecule has 0 spiro atoms. The molecule has 0 bridgehead atoms. The van der Waals surface area contributed by atoms with E-state index in [0.29, 0.717) is 6.04 Å². The lowest BCUT2D eigenvalue weighted by Gasteiger charge is -2.17. The van der Waals surface area contributed by atoms with E-state index in [2.05, 4.69) is 70.0 Å². The zero-order valence-corrected chi connectivity index (χ0v) is 14.8. The molecule has 2 rings (SSSR count). The fourth-order valence-corrected chi connectivity index (χ4v) is 3.33. The second-order valence-corrected chi connectivity index (χ2v) is 7.96. The van der Waals surface area contributed by atoms with E-state index < -0.39 is 0 Å². The SMILES string of the molecule is Cc1ccc(C(C)NCc2cnc(C(C)(C)C)s2)c(C)c1. The molecule has 2 aromatic rings. The van der Waals surface area contributed by atoms with Crippen molar-refractivity contribution in [1.29, 1.82) is 0 Å². The van der Waals surface area contributed by atoms with Crippen molar-refractivity contribution in [2.45, 2.75) is 59.5 Å². The molecule has 1 heterocycles. The van der Waals surface area contributed by atoms with Gasteiger partial charge in [0.15, 0.2) is 0 Å². The van der Waals surface area contributed by atoms with Crippen LogP contribution in [0.2, 0.25) is 0 Å². The summed E-state index contributed by atoms with van der Waals surface area (Å²) >= 11 is 1.81.